The molecule has 0 saturated carbocycles. The highest BCUT2D eigenvalue weighted by molar-refractivity contribution is 8.03. The summed E-state index contributed by atoms with van der Waals surface area (Å²) in [7, 11) is 0. The molecule has 0 atom stereocenters. The molecule has 0 aromatic carbocycles. The van der Waals surface area contributed by atoms with E-state index in [1.165, 1.54) is 6.92 Å². The zero-order chi connectivity index (χ0) is 10.1. The summed E-state index contributed by atoms with van der Waals surface area (Å²) < 4.78 is 35.9. The standard InChI is InChI=1S/C8H9F3OS/c1-5-6(12)3-2-4-7(5)13-8(9,10)11/h2-4H2,1H3. The molecular weight excluding hydrogens is 201 g/mol. The Morgan fingerprint density at radius 2 is 1.92 bits per heavy atom. The molecule has 0 saturated heterocycles. The summed E-state index contributed by atoms with van der Waals surface area (Å²) in [6.07, 6.45) is 1.30. The highest BCUT2D eigenvalue weighted by Gasteiger charge is 2.32. The molecule has 0 aromatic heterocycles. The molecule has 0 fully saturated rings. The minimum absolute atomic E-state index is 0.152. The predicted octanol–water partition coefficient (Wildman–Crippen LogP) is 3.27. The van der Waals surface area contributed by atoms with Crippen molar-refractivity contribution in [3.8, 4) is 0 Å². The summed E-state index contributed by atoms with van der Waals surface area (Å²) in [5, 5.41) is 0. The lowest BCUT2D eigenvalue weighted by atomic mass is 9.99. The molecule has 1 nitrogen and oxygen atoms in total. The maximum absolute atomic E-state index is 12.0. The summed E-state index contributed by atoms with van der Waals surface area (Å²) in [6.45, 7) is 1.47. The van der Waals surface area contributed by atoms with Crippen molar-refractivity contribution in [2.75, 3.05) is 0 Å². The third-order valence-electron chi connectivity index (χ3n) is 1.88. The van der Waals surface area contributed by atoms with E-state index in [-0.39, 0.29) is 28.0 Å². The Bertz CT molecular complexity index is 255. The first kappa shape index (κ1) is 10.6. The average Bonchev–Trinajstić information content (AvgIpc) is 1.96. The van der Waals surface area contributed by atoms with Crippen LogP contribution in [0.3, 0.4) is 0 Å². The van der Waals surface area contributed by atoms with Crippen molar-refractivity contribution in [3.05, 3.63) is 10.5 Å². The van der Waals surface area contributed by atoms with Crippen LogP contribution in [0.25, 0.3) is 0 Å². The average molecular weight is 210 g/mol. The van der Waals surface area contributed by atoms with Gasteiger partial charge in [0.25, 0.3) is 0 Å². The van der Waals surface area contributed by atoms with E-state index in [4.69, 9.17) is 0 Å². The van der Waals surface area contributed by atoms with Gasteiger partial charge >= 0.3 is 5.51 Å². The van der Waals surface area contributed by atoms with Crippen LogP contribution in [0.1, 0.15) is 26.2 Å². The predicted molar refractivity (Wildman–Crippen MR) is 45.2 cm³/mol. The van der Waals surface area contributed by atoms with Gasteiger partial charge in [0.2, 0.25) is 0 Å². The number of Topliss-reactive ketones (excluding diaryl/α,β-unsaturated/α-hetero) is 1. The lowest BCUT2D eigenvalue weighted by Gasteiger charge is -2.16. The molecule has 1 rings (SSSR count). The second-order valence-corrected chi connectivity index (χ2v) is 4.03. The van der Waals surface area contributed by atoms with Crippen LogP contribution in [0.5, 0.6) is 0 Å². The number of rotatable bonds is 1. The van der Waals surface area contributed by atoms with E-state index in [1.807, 2.05) is 0 Å². The number of carbonyl (C=O) groups is 1. The van der Waals surface area contributed by atoms with Crippen LogP contribution in [0.15, 0.2) is 10.5 Å². The van der Waals surface area contributed by atoms with Crippen LogP contribution in [-0.2, 0) is 4.79 Å². The highest BCUT2D eigenvalue weighted by atomic mass is 32.2. The molecule has 0 spiro atoms. The van der Waals surface area contributed by atoms with Crippen molar-refractivity contribution >= 4 is 17.5 Å². The number of allylic oxidation sites excluding steroid dienone is 2. The first-order chi connectivity index (χ1) is 5.90. The number of alkyl halides is 3. The van der Waals surface area contributed by atoms with Crippen LogP contribution >= 0.6 is 11.8 Å². The minimum atomic E-state index is -4.27. The summed E-state index contributed by atoms with van der Waals surface area (Å²) in [4.78, 5) is 11.2. The fourth-order valence-corrected chi connectivity index (χ4v) is 2.00. The number of hydrogen-bond acceptors (Lipinski definition) is 2. The minimum Gasteiger partial charge on any atom is -0.295 e. The van der Waals surface area contributed by atoms with Crippen molar-refractivity contribution in [2.45, 2.75) is 31.7 Å². The Labute approximate surface area is 78.4 Å². The topological polar surface area (TPSA) is 17.1 Å². The maximum Gasteiger partial charge on any atom is 0.446 e. The zero-order valence-electron chi connectivity index (χ0n) is 7.07. The van der Waals surface area contributed by atoms with Gasteiger partial charge in [-0.2, -0.15) is 13.2 Å². The molecule has 0 heterocycles. The van der Waals surface area contributed by atoms with E-state index < -0.39 is 5.51 Å². The third kappa shape index (κ3) is 3.06. The van der Waals surface area contributed by atoms with E-state index in [1.54, 1.807) is 0 Å². The van der Waals surface area contributed by atoms with Gasteiger partial charge in [-0.05, 0) is 31.5 Å². The van der Waals surface area contributed by atoms with Crippen LogP contribution in [-0.4, -0.2) is 11.3 Å². The van der Waals surface area contributed by atoms with Crippen LogP contribution < -0.4 is 0 Å². The van der Waals surface area contributed by atoms with Gasteiger partial charge in [-0.1, -0.05) is 0 Å². The number of halogens is 3. The molecule has 0 aromatic rings. The Morgan fingerprint density at radius 1 is 1.31 bits per heavy atom. The van der Waals surface area contributed by atoms with Gasteiger partial charge < -0.3 is 0 Å². The number of hydrogen-bond donors (Lipinski definition) is 0. The van der Waals surface area contributed by atoms with Crippen LogP contribution in [0.4, 0.5) is 13.2 Å². The van der Waals surface area contributed by atoms with E-state index >= 15 is 0 Å². The van der Waals surface area contributed by atoms with Gasteiger partial charge in [0, 0.05) is 16.9 Å². The molecule has 0 unspecified atom stereocenters. The largest absolute Gasteiger partial charge is 0.446 e. The van der Waals surface area contributed by atoms with Crippen molar-refractivity contribution < 1.29 is 18.0 Å². The number of carbonyl (C=O) groups excluding carboxylic acids is 1. The van der Waals surface area contributed by atoms with Gasteiger partial charge in [-0.3, -0.25) is 4.79 Å². The summed E-state index contributed by atoms with van der Waals surface area (Å²) in [5.41, 5.74) is -3.98. The van der Waals surface area contributed by atoms with E-state index in [0.717, 1.165) is 0 Å². The summed E-state index contributed by atoms with van der Waals surface area (Å²) in [6, 6.07) is 0. The highest BCUT2D eigenvalue weighted by Crippen LogP contribution is 2.41. The molecule has 1 aliphatic carbocycles. The Balaban J connectivity index is 2.78. The quantitative estimate of drug-likeness (QED) is 0.660. The van der Waals surface area contributed by atoms with Crippen molar-refractivity contribution in [3.63, 3.8) is 0 Å². The monoisotopic (exact) mass is 210 g/mol. The molecule has 0 radical (unpaired) electrons. The van der Waals surface area contributed by atoms with Crippen molar-refractivity contribution in [1.82, 2.24) is 0 Å². The van der Waals surface area contributed by atoms with Gasteiger partial charge in [0.05, 0.1) is 0 Å². The Hall–Kier alpha value is -0.450. The molecule has 0 amide bonds. The molecule has 74 valence electrons. The smallest absolute Gasteiger partial charge is 0.295 e. The molecule has 0 N–H and O–H groups in total. The molecule has 1 aliphatic rings. The summed E-state index contributed by atoms with van der Waals surface area (Å²) >= 11 is -0.152. The lowest BCUT2D eigenvalue weighted by molar-refractivity contribution is -0.115. The first-order valence-corrected chi connectivity index (χ1v) is 4.70. The van der Waals surface area contributed by atoms with Crippen molar-refractivity contribution in [1.29, 1.82) is 0 Å². The Morgan fingerprint density at radius 3 is 2.46 bits per heavy atom. The van der Waals surface area contributed by atoms with Crippen molar-refractivity contribution in [2.24, 2.45) is 0 Å². The SMILES string of the molecule is CC1=C(SC(F)(F)F)CCCC1=O. The first-order valence-electron chi connectivity index (χ1n) is 3.89. The second-order valence-electron chi connectivity index (χ2n) is 2.87. The van der Waals surface area contributed by atoms with E-state index in [0.29, 0.717) is 19.3 Å². The van der Waals surface area contributed by atoms with Gasteiger partial charge in [-0.25, -0.2) is 0 Å². The molecular formula is C8H9F3OS. The zero-order valence-corrected chi connectivity index (χ0v) is 7.89. The molecule has 0 bridgehead atoms. The van der Waals surface area contributed by atoms with Crippen LogP contribution in [0, 0.1) is 0 Å². The summed E-state index contributed by atoms with van der Waals surface area (Å²) in [5.74, 6) is -0.155. The van der Waals surface area contributed by atoms with Gasteiger partial charge in [0.1, 0.15) is 0 Å². The van der Waals surface area contributed by atoms with E-state index in [2.05, 4.69) is 0 Å². The number of thioether (sulfide) groups is 1. The van der Waals surface area contributed by atoms with E-state index in [9.17, 15) is 18.0 Å². The fraction of sp³-hybridized carbons (Fsp3) is 0.625. The molecule has 5 heteroatoms. The number of ketones is 1. The normalized spacial score (nSPS) is 19.5. The van der Waals surface area contributed by atoms with Gasteiger partial charge in [0.15, 0.2) is 5.78 Å². The van der Waals surface area contributed by atoms with Crippen LogP contribution in [0.2, 0.25) is 0 Å². The fourth-order valence-electron chi connectivity index (χ4n) is 1.21. The third-order valence-corrected chi connectivity index (χ3v) is 2.87. The van der Waals surface area contributed by atoms with Gasteiger partial charge in [-0.15, -0.1) is 0 Å². The molecule has 0 aliphatic heterocycles. The lowest BCUT2D eigenvalue weighted by Crippen LogP contribution is -2.11. The maximum atomic E-state index is 12.0. The Kier molecular flexibility index (Phi) is 3.05. The molecule has 13 heavy (non-hydrogen) atoms. The second kappa shape index (κ2) is 3.74.